The zero-order valence-electron chi connectivity index (χ0n) is 23.8. The molecule has 3 rings (SSSR count). The van der Waals surface area contributed by atoms with Crippen LogP contribution in [0.2, 0.25) is 0 Å². The average molecular weight is 545 g/mol. The summed E-state index contributed by atoms with van der Waals surface area (Å²) < 4.78 is 35.8. The van der Waals surface area contributed by atoms with Gasteiger partial charge >= 0.3 is 5.97 Å². The summed E-state index contributed by atoms with van der Waals surface area (Å²) in [4.78, 5) is 23.7. The lowest BCUT2D eigenvalue weighted by Gasteiger charge is -2.25. The van der Waals surface area contributed by atoms with Gasteiger partial charge in [0, 0.05) is 18.2 Å². The van der Waals surface area contributed by atoms with Crippen molar-refractivity contribution in [2.75, 3.05) is 0 Å². The van der Waals surface area contributed by atoms with Crippen LogP contribution in [0.1, 0.15) is 107 Å². The molecule has 0 aliphatic carbocycles. The molecule has 8 nitrogen and oxygen atoms in total. The third-order valence-corrected chi connectivity index (χ3v) is 9.38. The molecular formula is C29H40N2O6S. The normalized spacial score (nSPS) is 20.3. The van der Waals surface area contributed by atoms with Crippen molar-refractivity contribution in [3.63, 3.8) is 0 Å². The Kier molecular flexibility index (Phi) is 8.73. The number of nitro benzene ring substituents is 1. The summed E-state index contributed by atoms with van der Waals surface area (Å²) in [5, 5.41) is 10.9. The molecule has 0 amide bonds. The molecule has 0 N–H and O–H groups in total. The molecule has 4 atom stereocenters. The fourth-order valence-corrected chi connectivity index (χ4v) is 7.47. The summed E-state index contributed by atoms with van der Waals surface area (Å²) in [6, 6.07) is 8.38. The van der Waals surface area contributed by atoms with Gasteiger partial charge in [0.15, 0.2) is 0 Å². The molecule has 0 radical (unpaired) electrons. The maximum absolute atomic E-state index is 14.3. The van der Waals surface area contributed by atoms with Crippen molar-refractivity contribution >= 4 is 21.7 Å². The van der Waals surface area contributed by atoms with Gasteiger partial charge in [-0.15, -0.1) is 0 Å². The van der Waals surface area contributed by atoms with E-state index < -0.39 is 33.1 Å². The molecule has 1 unspecified atom stereocenters. The first-order valence-electron chi connectivity index (χ1n) is 13.3. The number of nitro groups is 1. The van der Waals surface area contributed by atoms with Crippen LogP contribution in [0.3, 0.4) is 0 Å². The first-order valence-corrected chi connectivity index (χ1v) is 14.7. The van der Waals surface area contributed by atoms with Gasteiger partial charge in [0.2, 0.25) is 10.0 Å². The summed E-state index contributed by atoms with van der Waals surface area (Å²) in [5.74, 6) is -0.515. The SMILES string of the molecule is CC(C)c1cc(C(C)C)c(S(=O)(=O)N2[C@H]([C@H](OC(=O)c3ccc([N+](=O)[O-])cc3)C(C)C)[C@H]2C)c(C(C)C)c1. The van der Waals surface area contributed by atoms with Gasteiger partial charge in [-0.3, -0.25) is 10.1 Å². The Labute approximate surface area is 226 Å². The second-order valence-corrected chi connectivity index (χ2v) is 13.3. The zero-order valence-corrected chi connectivity index (χ0v) is 24.6. The largest absolute Gasteiger partial charge is 0.457 e. The predicted octanol–water partition coefficient (Wildman–Crippen LogP) is 6.61. The van der Waals surface area contributed by atoms with Crippen LogP contribution in [0.4, 0.5) is 5.69 Å². The molecule has 38 heavy (non-hydrogen) atoms. The summed E-state index contributed by atoms with van der Waals surface area (Å²) in [6.07, 6.45) is -0.678. The van der Waals surface area contributed by atoms with Crippen LogP contribution in [0, 0.1) is 16.0 Å². The molecule has 1 aliphatic rings. The molecule has 0 bridgehead atoms. The third-order valence-electron chi connectivity index (χ3n) is 7.27. The van der Waals surface area contributed by atoms with Crippen LogP contribution in [0.5, 0.6) is 0 Å². The highest BCUT2D eigenvalue weighted by molar-refractivity contribution is 7.89. The summed E-state index contributed by atoms with van der Waals surface area (Å²) >= 11 is 0. The predicted molar refractivity (Wildman–Crippen MR) is 148 cm³/mol. The lowest BCUT2D eigenvalue weighted by molar-refractivity contribution is -0.384. The number of esters is 1. The molecule has 9 heteroatoms. The van der Waals surface area contributed by atoms with Crippen molar-refractivity contribution in [2.45, 2.75) is 103 Å². The van der Waals surface area contributed by atoms with Gasteiger partial charge in [-0.25, -0.2) is 13.2 Å². The number of hydrogen-bond donors (Lipinski definition) is 0. The number of rotatable bonds is 10. The Morgan fingerprint density at radius 3 is 1.82 bits per heavy atom. The fourth-order valence-electron chi connectivity index (χ4n) is 4.95. The van der Waals surface area contributed by atoms with Gasteiger partial charge in [0.25, 0.3) is 5.69 Å². The molecule has 2 aromatic carbocycles. The van der Waals surface area contributed by atoms with E-state index in [-0.39, 0.29) is 41.0 Å². The third kappa shape index (κ3) is 5.78. The summed E-state index contributed by atoms with van der Waals surface area (Å²) in [5.41, 5.74) is 2.78. The van der Waals surface area contributed by atoms with Crippen LogP contribution in [0.15, 0.2) is 41.3 Å². The molecule has 1 saturated heterocycles. The summed E-state index contributed by atoms with van der Waals surface area (Å²) in [6.45, 7) is 17.9. The quantitative estimate of drug-likeness (QED) is 0.144. The number of non-ortho nitro benzene ring substituents is 1. The van der Waals surface area contributed by atoms with Crippen molar-refractivity contribution in [1.82, 2.24) is 4.31 Å². The molecule has 1 aliphatic heterocycles. The highest BCUT2D eigenvalue weighted by Gasteiger charge is 2.59. The highest BCUT2D eigenvalue weighted by Crippen LogP contribution is 2.45. The first kappa shape index (κ1) is 29.8. The smallest absolute Gasteiger partial charge is 0.338 e. The van der Waals surface area contributed by atoms with E-state index in [0.717, 1.165) is 16.7 Å². The van der Waals surface area contributed by atoms with E-state index in [0.29, 0.717) is 4.90 Å². The number of carbonyl (C=O) groups is 1. The van der Waals surface area contributed by atoms with Gasteiger partial charge in [0.05, 0.1) is 21.4 Å². The minimum Gasteiger partial charge on any atom is -0.457 e. The number of benzene rings is 2. The topological polar surface area (TPSA) is 107 Å². The molecule has 0 saturated carbocycles. The van der Waals surface area contributed by atoms with Crippen LogP contribution in [-0.2, 0) is 14.8 Å². The van der Waals surface area contributed by atoms with E-state index in [1.165, 1.54) is 28.6 Å². The number of nitrogens with zero attached hydrogens (tertiary/aromatic N) is 2. The molecule has 0 spiro atoms. The summed E-state index contributed by atoms with van der Waals surface area (Å²) in [7, 11) is -3.88. The Morgan fingerprint density at radius 2 is 1.42 bits per heavy atom. The first-order chi connectivity index (χ1) is 17.6. The number of ether oxygens (including phenoxy) is 1. The van der Waals surface area contributed by atoms with E-state index in [1.807, 2.05) is 60.6 Å². The van der Waals surface area contributed by atoms with Crippen molar-refractivity contribution in [2.24, 2.45) is 5.92 Å². The average Bonchev–Trinajstić information content (AvgIpc) is 3.52. The molecule has 208 valence electrons. The number of sulfonamides is 1. The van der Waals surface area contributed by atoms with Gasteiger partial charge in [-0.1, -0.05) is 67.5 Å². The number of carbonyl (C=O) groups excluding carboxylic acids is 1. The lowest BCUT2D eigenvalue weighted by atomic mass is 9.89. The van der Waals surface area contributed by atoms with E-state index in [4.69, 9.17) is 4.74 Å². The van der Waals surface area contributed by atoms with Crippen molar-refractivity contribution in [1.29, 1.82) is 0 Å². The minimum absolute atomic E-state index is 0.00513. The molecule has 0 aromatic heterocycles. The van der Waals surface area contributed by atoms with E-state index >= 15 is 0 Å². The van der Waals surface area contributed by atoms with Gasteiger partial charge in [0.1, 0.15) is 6.10 Å². The lowest BCUT2D eigenvalue weighted by Crippen LogP contribution is -2.33. The van der Waals surface area contributed by atoms with Crippen LogP contribution in [-0.4, -0.2) is 41.8 Å². The van der Waals surface area contributed by atoms with Crippen molar-refractivity contribution in [3.8, 4) is 0 Å². The maximum Gasteiger partial charge on any atom is 0.338 e. The molecule has 2 aromatic rings. The number of hydrogen-bond acceptors (Lipinski definition) is 6. The highest BCUT2D eigenvalue weighted by atomic mass is 32.2. The Balaban J connectivity index is 1.99. The fraction of sp³-hybridized carbons (Fsp3) is 0.552. The molecule has 1 fully saturated rings. The van der Waals surface area contributed by atoms with Gasteiger partial charge in [-0.2, -0.15) is 4.31 Å². The van der Waals surface area contributed by atoms with Crippen LogP contribution >= 0.6 is 0 Å². The second-order valence-electron chi connectivity index (χ2n) is 11.5. The minimum atomic E-state index is -3.88. The second kappa shape index (κ2) is 11.1. The van der Waals surface area contributed by atoms with E-state index in [2.05, 4.69) is 13.8 Å². The monoisotopic (exact) mass is 544 g/mol. The molecule has 1 heterocycles. The van der Waals surface area contributed by atoms with Crippen molar-refractivity contribution in [3.05, 3.63) is 68.8 Å². The van der Waals surface area contributed by atoms with E-state index in [9.17, 15) is 23.3 Å². The van der Waals surface area contributed by atoms with Gasteiger partial charge < -0.3 is 4.74 Å². The zero-order chi connectivity index (χ0) is 28.7. The van der Waals surface area contributed by atoms with E-state index in [1.54, 1.807) is 0 Å². The Bertz CT molecular complexity index is 1270. The Morgan fingerprint density at radius 1 is 0.921 bits per heavy atom. The Hall–Kier alpha value is -2.78. The van der Waals surface area contributed by atoms with Crippen LogP contribution in [0.25, 0.3) is 0 Å². The standard InChI is InChI=1S/C29H40N2O6S/c1-16(2)22-14-24(17(3)4)28(25(15-22)18(5)6)38(35,36)30-20(9)26(30)27(19(7)8)37-29(32)21-10-12-23(13-11-21)31(33)34/h10-20,26-27H,1-9H3/t20-,26+,27-,30?/m1/s1. The van der Waals surface area contributed by atoms with Crippen molar-refractivity contribution < 1.29 is 22.9 Å². The maximum atomic E-state index is 14.3. The molecular weight excluding hydrogens is 504 g/mol. The van der Waals surface area contributed by atoms with Gasteiger partial charge in [-0.05, 0) is 59.4 Å². The van der Waals surface area contributed by atoms with Crippen LogP contribution < -0.4 is 0 Å².